The first kappa shape index (κ1) is 14.2. The minimum absolute atomic E-state index is 0.754. The van der Waals surface area contributed by atoms with Crippen molar-refractivity contribution in [3.63, 3.8) is 0 Å². The molecule has 0 aliphatic carbocycles. The van der Waals surface area contributed by atoms with Gasteiger partial charge in [0.2, 0.25) is 0 Å². The maximum Gasteiger partial charge on any atom is 0.177 e. The first-order valence-electron chi connectivity index (χ1n) is 7.42. The summed E-state index contributed by atoms with van der Waals surface area (Å²) in [6, 6.07) is 21.0. The number of pyridine rings is 1. The minimum atomic E-state index is 0.754. The van der Waals surface area contributed by atoms with E-state index >= 15 is 0 Å². The first-order valence-corrected chi connectivity index (χ1v) is 8.22. The summed E-state index contributed by atoms with van der Waals surface area (Å²) in [5.41, 5.74) is 5.39. The SMILES string of the molecule is Brc1cnc2nc(Cc3ccc(-c4ccccc4)cc3)[nH]c2c1. The summed E-state index contributed by atoms with van der Waals surface area (Å²) in [5.74, 6) is 0.929. The summed E-state index contributed by atoms with van der Waals surface area (Å²) >= 11 is 3.43. The predicted octanol–water partition coefficient (Wildman–Crippen LogP) is 4.98. The van der Waals surface area contributed by atoms with Gasteiger partial charge in [0.1, 0.15) is 5.82 Å². The van der Waals surface area contributed by atoms with Gasteiger partial charge >= 0.3 is 0 Å². The molecule has 3 nitrogen and oxygen atoms in total. The largest absolute Gasteiger partial charge is 0.340 e. The molecule has 1 N–H and O–H groups in total. The molecule has 4 heteroatoms. The van der Waals surface area contributed by atoms with E-state index in [1.807, 2.05) is 12.1 Å². The third-order valence-corrected chi connectivity index (χ3v) is 4.22. The quantitative estimate of drug-likeness (QED) is 0.557. The van der Waals surface area contributed by atoms with E-state index < -0.39 is 0 Å². The molecule has 0 bridgehead atoms. The fourth-order valence-corrected chi connectivity index (χ4v) is 2.98. The van der Waals surface area contributed by atoms with Gasteiger partial charge in [0, 0.05) is 17.1 Å². The molecule has 0 aliphatic heterocycles. The molecular formula is C19H14BrN3. The summed E-state index contributed by atoms with van der Waals surface area (Å²) < 4.78 is 0.951. The Morgan fingerprint density at radius 1 is 0.913 bits per heavy atom. The molecule has 0 spiro atoms. The molecule has 4 aromatic rings. The van der Waals surface area contributed by atoms with Crippen LogP contribution in [0.25, 0.3) is 22.3 Å². The second kappa shape index (κ2) is 5.97. The van der Waals surface area contributed by atoms with Crippen LogP contribution in [-0.4, -0.2) is 15.0 Å². The lowest BCUT2D eigenvalue weighted by Gasteiger charge is -2.03. The number of imidazole rings is 1. The van der Waals surface area contributed by atoms with E-state index in [0.717, 1.165) is 27.9 Å². The number of halogens is 1. The van der Waals surface area contributed by atoms with E-state index in [0.29, 0.717) is 0 Å². The van der Waals surface area contributed by atoms with Crippen LogP contribution >= 0.6 is 15.9 Å². The molecule has 0 fully saturated rings. The number of aromatic amines is 1. The fourth-order valence-electron chi connectivity index (χ4n) is 2.65. The average Bonchev–Trinajstić information content (AvgIpc) is 2.97. The maximum absolute atomic E-state index is 4.54. The van der Waals surface area contributed by atoms with E-state index in [1.165, 1.54) is 16.7 Å². The number of benzene rings is 2. The summed E-state index contributed by atoms with van der Waals surface area (Å²) in [4.78, 5) is 12.2. The second-order valence-electron chi connectivity index (χ2n) is 5.45. The molecule has 2 heterocycles. The number of nitrogens with one attached hydrogen (secondary N) is 1. The van der Waals surface area contributed by atoms with Crippen LogP contribution in [0.2, 0.25) is 0 Å². The lowest BCUT2D eigenvalue weighted by molar-refractivity contribution is 1.03. The summed E-state index contributed by atoms with van der Waals surface area (Å²) in [5, 5.41) is 0. The zero-order valence-electron chi connectivity index (χ0n) is 12.3. The highest BCUT2D eigenvalue weighted by Crippen LogP contribution is 2.21. The van der Waals surface area contributed by atoms with Crippen LogP contribution in [-0.2, 0) is 6.42 Å². The van der Waals surface area contributed by atoms with Crippen molar-refractivity contribution in [2.75, 3.05) is 0 Å². The zero-order valence-corrected chi connectivity index (χ0v) is 13.9. The monoisotopic (exact) mass is 363 g/mol. The highest BCUT2D eigenvalue weighted by atomic mass is 79.9. The Morgan fingerprint density at radius 3 is 2.43 bits per heavy atom. The fraction of sp³-hybridized carbons (Fsp3) is 0.0526. The average molecular weight is 364 g/mol. The Kier molecular flexibility index (Phi) is 3.67. The Bertz CT molecular complexity index is 943. The molecule has 0 radical (unpaired) electrons. The number of H-pyrrole nitrogens is 1. The van der Waals surface area contributed by atoms with Crippen molar-refractivity contribution in [2.24, 2.45) is 0 Å². The summed E-state index contributed by atoms with van der Waals surface area (Å²) in [7, 11) is 0. The highest BCUT2D eigenvalue weighted by molar-refractivity contribution is 9.10. The van der Waals surface area contributed by atoms with E-state index in [9.17, 15) is 0 Å². The minimum Gasteiger partial charge on any atom is -0.340 e. The molecule has 0 atom stereocenters. The van der Waals surface area contributed by atoms with Crippen LogP contribution in [0.4, 0.5) is 0 Å². The number of aromatic nitrogens is 3. The van der Waals surface area contributed by atoms with Gasteiger partial charge in [0.05, 0.1) is 5.52 Å². The highest BCUT2D eigenvalue weighted by Gasteiger charge is 2.06. The first-order chi connectivity index (χ1) is 11.3. The molecule has 23 heavy (non-hydrogen) atoms. The Labute approximate surface area is 142 Å². The van der Waals surface area contributed by atoms with Crippen LogP contribution in [0.5, 0.6) is 0 Å². The van der Waals surface area contributed by atoms with Crippen LogP contribution in [0.3, 0.4) is 0 Å². The molecular weight excluding hydrogens is 350 g/mol. The van der Waals surface area contributed by atoms with Crippen molar-refractivity contribution in [3.05, 3.63) is 82.7 Å². The smallest absolute Gasteiger partial charge is 0.177 e. The second-order valence-corrected chi connectivity index (χ2v) is 6.36. The lowest BCUT2D eigenvalue weighted by Crippen LogP contribution is -1.90. The van der Waals surface area contributed by atoms with Crippen molar-refractivity contribution in [2.45, 2.75) is 6.42 Å². The maximum atomic E-state index is 4.54. The molecule has 0 amide bonds. The van der Waals surface area contributed by atoms with E-state index in [4.69, 9.17) is 0 Å². The normalized spacial score (nSPS) is 11.0. The predicted molar refractivity (Wildman–Crippen MR) is 96.3 cm³/mol. The van der Waals surface area contributed by atoms with E-state index in [2.05, 4.69) is 79.4 Å². The third-order valence-electron chi connectivity index (χ3n) is 3.79. The number of rotatable bonds is 3. The third kappa shape index (κ3) is 3.03. The van der Waals surface area contributed by atoms with Gasteiger partial charge < -0.3 is 4.98 Å². The van der Waals surface area contributed by atoms with Crippen molar-refractivity contribution in [3.8, 4) is 11.1 Å². The number of hydrogen-bond acceptors (Lipinski definition) is 2. The van der Waals surface area contributed by atoms with Gasteiger partial charge in [-0.3, -0.25) is 0 Å². The van der Waals surface area contributed by atoms with Gasteiger partial charge in [-0.2, -0.15) is 0 Å². The van der Waals surface area contributed by atoms with Gasteiger partial charge in [0.25, 0.3) is 0 Å². The Balaban J connectivity index is 1.58. The van der Waals surface area contributed by atoms with Gasteiger partial charge in [-0.05, 0) is 38.7 Å². The Morgan fingerprint density at radius 2 is 1.65 bits per heavy atom. The number of hydrogen-bond donors (Lipinski definition) is 1. The van der Waals surface area contributed by atoms with E-state index in [1.54, 1.807) is 6.20 Å². The number of nitrogens with zero attached hydrogens (tertiary/aromatic N) is 2. The molecule has 0 unspecified atom stereocenters. The molecule has 0 aliphatic rings. The molecule has 4 rings (SSSR count). The van der Waals surface area contributed by atoms with Crippen LogP contribution in [0, 0.1) is 0 Å². The molecule has 112 valence electrons. The number of fused-ring (bicyclic) bond motifs is 1. The summed E-state index contributed by atoms with van der Waals surface area (Å²) in [6.07, 6.45) is 2.53. The lowest BCUT2D eigenvalue weighted by atomic mass is 10.0. The van der Waals surface area contributed by atoms with Crippen molar-refractivity contribution in [1.29, 1.82) is 0 Å². The van der Waals surface area contributed by atoms with E-state index in [-0.39, 0.29) is 0 Å². The van der Waals surface area contributed by atoms with Crippen LogP contribution in [0.15, 0.2) is 71.3 Å². The van der Waals surface area contributed by atoms with Crippen LogP contribution in [0.1, 0.15) is 11.4 Å². The molecule has 0 saturated heterocycles. The van der Waals surface area contributed by atoms with Gasteiger partial charge in [-0.15, -0.1) is 0 Å². The zero-order chi connectivity index (χ0) is 15.6. The topological polar surface area (TPSA) is 41.6 Å². The van der Waals surface area contributed by atoms with Gasteiger partial charge in [-0.25, -0.2) is 9.97 Å². The standard InChI is InChI=1S/C19H14BrN3/c20-16-11-17-19(21-12-16)23-18(22-17)10-13-6-8-15(9-7-13)14-4-2-1-3-5-14/h1-9,11-12H,10H2,(H,21,22,23). The molecule has 2 aromatic carbocycles. The van der Waals surface area contributed by atoms with Gasteiger partial charge in [0.15, 0.2) is 5.65 Å². The summed E-state index contributed by atoms with van der Waals surface area (Å²) in [6.45, 7) is 0. The van der Waals surface area contributed by atoms with Crippen molar-refractivity contribution < 1.29 is 0 Å². The van der Waals surface area contributed by atoms with Crippen molar-refractivity contribution >= 4 is 27.1 Å². The van der Waals surface area contributed by atoms with Gasteiger partial charge in [-0.1, -0.05) is 54.6 Å². The molecule has 0 saturated carbocycles. The molecule has 2 aromatic heterocycles. The Hall–Kier alpha value is -2.46. The van der Waals surface area contributed by atoms with Crippen LogP contribution < -0.4 is 0 Å². The van der Waals surface area contributed by atoms with Crippen molar-refractivity contribution in [1.82, 2.24) is 15.0 Å².